The van der Waals surface area contributed by atoms with E-state index in [4.69, 9.17) is 14.2 Å². The van der Waals surface area contributed by atoms with Crippen molar-refractivity contribution < 1.29 is 14.2 Å². The summed E-state index contributed by atoms with van der Waals surface area (Å²) in [5.41, 5.74) is 7.04. The molecule has 43 heavy (non-hydrogen) atoms. The van der Waals surface area contributed by atoms with Crippen molar-refractivity contribution in [1.29, 1.82) is 0 Å². The summed E-state index contributed by atoms with van der Waals surface area (Å²) in [6, 6.07) is 36.9. The molecule has 5 nitrogen and oxygen atoms in total. The van der Waals surface area contributed by atoms with Gasteiger partial charge in [-0.2, -0.15) is 0 Å². The second-order valence-electron chi connectivity index (χ2n) is 10.9. The predicted octanol–water partition coefficient (Wildman–Crippen LogP) is 8.90. The highest BCUT2D eigenvalue weighted by Gasteiger charge is 2.38. The Morgan fingerprint density at radius 3 is 1.40 bits per heavy atom. The molecule has 7 aromatic rings. The van der Waals surface area contributed by atoms with Gasteiger partial charge in [0.2, 0.25) is 0 Å². The summed E-state index contributed by atoms with van der Waals surface area (Å²) < 4.78 is 22.9. The maximum atomic E-state index is 6.75. The molecule has 0 saturated heterocycles. The second kappa shape index (κ2) is 10.5. The first kappa shape index (κ1) is 27.1. The van der Waals surface area contributed by atoms with Crippen molar-refractivity contribution in [3.63, 3.8) is 0 Å². The first-order valence-corrected chi connectivity index (χ1v) is 14.9. The molecule has 0 N–H and O–H groups in total. The Bertz CT molecular complexity index is 2010. The van der Waals surface area contributed by atoms with Gasteiger partial charge in [0.05, 0.1) is 14.2 Å². The topological polar surface area (TPSA) is 37.6 Å². The van der Waals surface area contributed by atoms with Crippen LogP contribution < -0.4 is 9.47 Å². The largest absolute Gasteiger partial charge is 0.493 e. The summed E-state index contributed by atoms with van der Waals surface area (Å²) in [6.45, 7) is 6.19. The fourth-order valence-electron chi connectivity index (χ4n) is 7.14. The molecule has 7 rings (SSSR count). The number of nitrogens with zero attached hydrogens (tertiary/aromatic N) is 2. The minimum Gasteiger partial charge on any atom is -0.493 e. The van der Waals surface area contributed by atoms with Crippen LogP contribution in [-0.4, -0.2) is 30.5 Å². The van der Waals surface area contributed by atoms with E-state index in [1.807, 2.05) is 12.1 Å². The van der Waals surface area contributed by atoms with Crippen LogP contribution in [0.2, 0.25) is 0 Å². The highest BCUT2D eigenvalue weighted by molar-refractivity contribution is 6.09. The van der Waals surface area contributed by atoms with Crippen LogP contribution in [-0.2, 0) is 23.4 Å². The van der Waals surface area contributed by atoms with Crippen molar-refractivity contribution in [3.05, 3.63) is 120 Å². The number of benzene rings is 5. The number of rotatable bonds is 8. The van der Waals surface area contributed by atoms with Gasteiger partial charge in [0.15, 0.2) is 11.5 Å². The number of fused-ring (bicyclic) bond motifs is 6. The number of methoxy groups -OCH3 is 3. The highest BCUT2D eigenvalue weighted by Crippen LogP contribution is 2.46. The molecule has 0 bridgehead atoms. The number of hydrogen-bond acceptors (Lipinski definition) is 3. The Morgan fingerprint density at radius 2 is 0.930 bits per heavy atom. The molecule has 0 aliphatic heterocycles. The van der Waals surface area contributed by atoms with Crippen LogP contribution in [0.1, 0.15) is 30.5 Å². The van der Waals surface area contributed by atoms with Gasteiger partial charge in [0.25, 0.3) is 0 Å². The molecular weight excluding hydrogens is 532 g/mol. The third-order valence-electron chi connectivity index (χ3n) is 9.09. The first-order chi connectivity index (χ1) is 21.1. The van der Waals surface area contributed by atoms with Crippen LogP contribution in [0.4, 0.5) is 0 Å². The summed E-state index contributed by atoms with van der Waals surface area (Å²) in [5, 5.41) is 4.89. The van der Waals surface area contributed by atoms with Crippen molar-refractivity contribution in [2.45, 2.75) is 32.5 Å². The van der Waals surface area contributed by atoms with Crippen LogP contribution in [0, 0.1) is 0 Å². The van der Waals surface area contributed by atoms with E-state index in [2.05, 4.69) is 114 Å². The molecule has 0 saturated carbocycles. The molecule has 0 spiro atoms. The Labute approximate surface area is 251 Å². The lowest BCUT2D eigenvalue weighted by atomic mass is 9.79. The first-order valence-electron chi connectivity index (χ1n) is 14.9. The summed E-state index contributed by atoms with van der Waals surface area (Å²) in [4.78, 5) is 0. The lowest BCUT2D eigenvalue weighted by Crippen LogP contribution is -2.31. The molecule has 0 aliphatic carbocycles. The number of hydrogen-bond donors (Lipinski definition) is 0. The van der Waals surface area contributed by atoms with Gasteiger partial charge >= 0.3 is 0 Å². The maximum Gasteiger partial charge on any atom is 0.161 e. The third-order valence-corrected chi connectivity index (χ3v) is 9.09. The van der Waals surface area contributed by atoms with Crippen LogP contribution in [0.15, 0.2) is 103 Å². The van der Waals surface area contributed by atoms with Crippen molar-refractivity contribution in [1.82, 2.24) is 9.13 Å². The van der Waals surface area contributed by atoms with Gasteiger partial charge in [-0.3, -0.25) is 0 Å². The zero-order valence-electron chi connectivity index (χ0n) is 25.3. The predicted molar refractivity (Wildman–Crippen MR) is 177 cm³/mol. The van der Waals surface area contributed by atoms with E-state index in [0.29, 0.717) is 11.5 Å². The molecule has 0 amide bonds. The van der Waals surface area contributed by atoms with Crippen LogP contribution in [0.5, 0.6) is 11.5 Å². The van der Waals surface area contributed by atoms with E-state index in [1.54, 1.807) is 21.3 Å². The summed E-state index contributed by atoms with van der Waals surface area (Å²) in [5.74, 6) is 1.34. The fraction of sp³-hybridized carbons (Fsp3) is 0.211. The van der Waals surface area contributed by atoms with E-state index in [9.17, 15) is 0 Å². The third kappa shape index (κ3) is 3.88. The van der Waals surface area contributed by atoms with Gasteiger partial charge < -0.3 is 23.3 Å². The average molecular weight is 569 g/mol. The molecular formula is C38H36N2O3. The zero-order chi connectivity index (χ0) is 29.7. The molecule has 0 unspecified atom stereocenters. The van der Waals surface area contributed by atoms with Crippen molar-refractivity contribution >= 4 is 43.6 Å². The summed E-state index contributed by atoms with van der Waals surface area (Å²) in [6.07, 6.45) is 0. The van der Waals surface area contributed by atoms with Gasteiger partial charge in [-0.1, -0.05) is 54.6 Å². The van der Waals surface area contributed by atoms with E-state index in [-0.39, 0.29) is 0 Å². The summed E-state index contributed by atoms with van der Waals surface area (Å²) in [7, 11) is 5.14. The number of aryl methyl sites for hydroxylation is 2. The Hall–Kier alpha value is -4.74. The second-order valence-corrected chi connectivity index (χ2v) is 10.9. The molecule has 0 atom stereocenters. The number of ether oxygens (including phenoxy) is 3. The fourth-order valence-corrected chi connectivity index (χ4v) is 7.14. The minimum atomic E-state index is -0.924. The van der Waals surface area contributed by atoms with Gasteiger partial charge in [0.1, 0.15) is 5.60 Å². The highest BCUT2D eigenvalue weighted by atomic mass is 16.5. The van der Waals surface area contributed by atoms with Gasteiger partial charge in [-0.25, -0.2) is 0 Å². The monoisotopic (exact) mass is 568 g/mol. The molecule has 0 radical (unpaired) electrons. The van der Waals surface area contributed by atoms with E-state index < -0.39 is 5.60 Å². The maximum absolute atomic E-state index is 6.75. The average Bonchev–Trinajstić information content (AvgIpc) is 3.56. The van der Waals surface area contributed by atoms with Crippen LogP contribution >= 0.6 is 0 Å². The molecule has 0 fully saturated rings. The molecule has 5 aromatic carbocycles. The van der Waals surface area contributed by atoms with Crippen molar-refractivity contribution in [2.75, 3.05) is 21.3 Å². The van der Waals surface area contributed by atoms with Crippen LogP contribution in [0.3, 0.4) is 0 Å². The molecule has 0 aliphatic rings. The Morgan fingerprint density at radius 1 is 0.488 bits per heavy atom. The van der Waals surface area contributed by atoms with E-state index in [0.717, 1.165) is 29.8 Å². The Kier molecular flexibility index (Phi) is 6.63. The zero-order valence-corrected chi connectivity index (χ0v) is 25.3. The number of aromatic nitrogens is 2. The van der Waals surface area contributed by atoms with Gasteiger partial charge in [-0.05, 0) is 79.1 Å². The normalized spacial score (nSPS) is 12.1. The van der Waals surface area contributed by atoms with Gasteiger partial charge in [-0.15, -0.1) is 0 Å². The molecule has 2 aromatic heterocycles. The molecule has 216 valence electrons. The lowest BCUT2D eigenvalue weighted by molar-refractivity contribution is 0.0585. The van der Waals surface area contributed by atoms with E-state index in [1.165, 1.54) is 43.6 Å². The molecule has 2 heterocycles. The smallest absolute Gasteiger partial charge is 0.161 e. The quantitative estimate of drug-likeness (QED) is 0.172. The standard InChI is InChI=1S/C38H36N2O3/c1-6-39-32-14-10-8-12-28(32)30-22-25(16-19-34(30)39)38(43-5,27-18-21-36(41-3)37(24-27)42-4)26-17-20-35-31(23-26)29-13-9-11-15-33(29)40(35)7-2/h8-24H,6-7H2,1-5H3. The van der Waals surface area contributed by atoms with Gasteiger partial charge in [0, 0.05) is 63.8 Å². The minimum absolute atomic E-state index is 0.661. The van der Waals surface area contributed by atoms with Crippen molar-refractivity contribution in [3.8, 4) is 11.5 Å². The lowest BCUT2D eigenvalue weighted by Gasteiger charge is -2.35. The summed E-state index contributed by atoms with van der Waals surface area (Å²) >= 11 is 0. The number of para-hydroxylation sites is 2. The van der Waals surface area contributed by atoms with Crippen LogP contribution in [0.25, 0.3) is 43.6 Å². The van der Waals surface area contributed by atoms with E-state index >= 15 is 0 Å². The Balaban J connectivity index is 1.57. The van der Waals surface area contributed by atoms with Crippen molar-refractivity contribution in [2.24, 2.45) is 0 Å². The molecule has 5 heteroatoms. The SMILES string of the molecule is CCn1c2ccccc2c2cc(C(OC)(c3ccc(OC)c(OC)c3)c3ccc4c(c3)c3ccccc3n4CC)ccc21.